The zero-order valence-electron chi connectivity index (χ0n) is 23.6. The van der Waals surface area contributed by atoms with Crippen LogP contribution >= 0.6 is 11.6 Å². The van der Waals surface area contributed by atoms with Crippen molar-refractivity contribution in [2.75, 3.05) is 13.2 Å². The molecule has 224 valence electrons. The molecule has 0 aliphatic carbocycles. The van der Waals surface area contributed by atoms with Crippen molar-refractivity contribution in [1.82, 2.24) is 39.6 Å². The average Bonchev–Trinajstić information content (AvgIpc) is 3.59. The lowest BCUT2D eigenvalue weighted by atomic mass is 10.0. The Hall–Kier alpha value is -4.51. The van der Waals surface area contributed by atoms with E-state index in [0.717, 1.165) is 66.4 Å². The molecule has 44 heavy (non-hydrogen) atoms. The molecule has 0 radical (unpaired) electrons. The second-order valence-electron chi connectivity index (χ2n) is 10.9. The molecule has 14 heteroatoms. The van der Waals surface area contributed by atoms with Crippen LogP contribution in [0.5, 0.6) is 5.88 Å². The fourth-order valence-corrected chi connectivity index (χ4v) is 5.71. The normalized spacial score (nSPS) is 16.5. The number of H-pyrrole nitrogens is 1. The number of pyridine rings is 2. The molecule has 1 saturated heterocycles. The number of halogens is 3. The summed E-state index contributed by atoms with van der Waals surface area (Å²) in [5, 5.41) is 15.7. The van der Waals surface area contributed by atoms with Crippen LogP contribution in [0.25, 0.3) is 22.6 Å². The molecule has 0 amide bonds. The number of nitrogens with one attached hydrogen (secondary N) is 1. The van der Waals surface area contributed by atoms with Crippen LogP contribution in [0.4, 0.5) is 8.78 Å². The smallest absolute Gasteiger partial charge is 0.252 e. The number of nitrogens with zero attached hydrogens (tertiary/aromatic N) is 8. The van der Waals surface area contributed by atoms with Gasteiger partial charge in [-0.1, -0.05) is 11.6 Å². The molecule has 1 aromatic carbocycles. The number of aromatic amines is 1. The monoisotopic (exact) mass is 617 g/mol. The number of benzene rings is 1. The fraction of sp³-hybridized carbons (Fsp3) is 0.333. The summed E-state index contributed by atoms with van der Waals surface area (Å²) < 4.78 is 42.3. The summed E-state index contributed by atoms with van der Waals surface area (Å²) in [6.45, 7) is 4.84. The summed E-state index contributed by atoms with van der Waals surface area (Å²) >= 11 is 5.75. The van der Waals surface area contributed by atoms with Gasteiger partial charge in [-0.15, -0.1) is 5.10 Å². The molecule has 0 unspecified atom stereocenters. The summed E-state index contributed by atoms with van der Waals surface area (Å²) in [7, 11) is 0. The number of hydrogen-bond acceptors (Lipinski definition) is 9. The van der Waals surface area contributed by atoms with Gasteiger partial charge >= 0.3 is 0 Å². The van der Waals surface area contributed by atoms with Crippen LogP contribution in [0, 0.1) is 29.9 Å². The quantitative estimate of drug-likeness (QED) is 0.264. The minimum Gasteiger partial charge on any atom is -0.472 e. The number of fused-ring (bicyclic) bond motifs is 2. The van der Waals surface area contributed by atoms with Gasteiger partial charge in [-0.25, -0.2) is 23.7 Å². The van der Waals surface area contributed by atoms with Gasteiger partial charge in [0.05, 0.1) is 30.5 Å². The zero-order chi connectivity index (χ0) is 30.4. The van der Waals surface area contributed by atoms with Crippen LogP contribution in [-0.4, -0.2) is 58.9 Å². The molecule has 0 saturated carbocycles. The van der Waals surface area contributed by atoms with Crippen LogP contribution in [0.2, 0.25) is 5.02 Å². The van der Waals surface area contributed by atoms with Gasteiger partial charge in [0, 0.05) is 42.0 Å². The average molecular weight is 618 g/mol. The van der Waals surface area contributed by atoms with Crippen LogP contribution in [0.15, 0.2) is 30.5 Å². The van der Waals surface area contributed by atoms with E-state index in [-0.39, 0.29) is 29.1 Å². The maximum absolute atomic E-state index is 14.3. The van der Waals surface area contributed by atoms with Crippen molar-refractivity contribution in [1.29, 1.82) is 5.26 Å². The third-order valence-corrected chi connectivity index (χ3v) is 8.15. The first kappa shape index (κ1) is 28.3. The first-order valence-corrected chi connectivity index (χ1v) is 14.5. The standard InChI is InChI=1S/C30H26ClF2N9O2/c1-16-6-17-2-4-41(13-25(17)37-30(16)44-15-21-22(32)8-19(31)9-23(21)33)14-27-36-24-7-18(28-38-26(10-34)39-40-28)11-35-29(24)42(27)12-20-3-5-43-20/h6-9,11,20H,2-5,12-15H2,1H3,(H,38,39,40)/t20-/m0/s1. The van der Waals surface area contributed by atoms with Gasteiger partial charge in [0.25, 0.3) is 5.82 Å². The molecular weight excluding hydrogens is 592 g/mol. The van der Waals surface area contributed by atoms with Gasteiger partial charge in [0.1, 0.15) is 35.7 Å². The maximum Gasteiger partial charge on any atom is 0.252 e. The third-order valence-electron chi connectivity index (χ3n) is 7.93. The van der Waals surface area contributed by atoms with Crippen molar-refractivity contribution in [2.45, 2.75) is 52.1 Å². The highest BCUT2D eigenvalue weighted by molar-refractivity contribution is 6.30. The number of ether oxygens (including phenoxy) is 2. The predicted octanol–water partition coefficient (Wildman–Crippen LogP) is 4.65. The van der Waals surface area contributed by atoms with Crippen LogP contribution in [0.1, 0.15) is 40.5 Å². The molecule has 2 aliphatic heterocycles. The van der Waals surface area contributed by atoms with E-state index in [2.05, 4.69) is 24.6 Å². The van der Waals surface area contributed by atoms with Gasteiger partial charge in [-0.2, -0.15) is 10.2 Å². The Bertz CT molecular complexity index is 1910. The van der Waals surface area contributed by atoms with Gasteiger partial charge in [0.2, 0.25) is 5.88 Å². The Balaban J connectivity index is 1.13. The first-order valence-electron chi connectivity index (χ1n) is 14.1. The molecule has 1 atom stereocenters. The summed E-state index contributed by atoms with van der Waals surface area (Å²) in [5.41, 5.74) is 4.68. The van der Waals surface area contributed by atoms with Crippen molar-refractivity contribution >= 4 is 22.8 Å². The third kappa shape index (κ3) is 5.47. The predicted molar refractivity (Wildman–Crippen MR) is 154 cm³/mol. The number of hydrogen-bond donors (Lipinski definition) is 1. The molecule has 11 nitrogen and oxygen atoms in total. The minimum absolute atomic E-state index is 0.0131. The molecule has 1 N–H and O–H groups in total. The zero-order valence-corrected chi connectivity index (χ0v) is 24.4. The molecule has 6 heterocycles. The molecule has 2 aliphatic rings. The Morgan fingerprint density at radius 2 is 2.00 bits per heavy atom. The second kappa shape index (κ2) is 11.5. The molecule has 0 bridgehead atoms. The number of aryl methyl sites for hydroxylation is 1. The highest BCUT2D eigenvalue weighted by atomic mass is 35.5. The van der Waals surface area contributed by atoms with Gasteiger partial charge in [-0.05, 0) is 49.6 Å². The van der Waals surface area contributed by atoms with Crippen LogP contribution in [-0.2, 0) is 37.4 Å². The Morgan fingerprint density at radius 1 is 1.18 bits per heavy atom. The lowest BCUT2D eigenvalue weighted by Gasteiger charge is -2.30. The molecule has 5 aromatic rings. The maximum atomic E-state index is 14.3. The lowest BCUT2D eigenvalue weighted by Crippen LogP contribution is -2.34. The van der Waals surface area contributed by atoms with E-state index >= 15 is 0 Å². The number of aromatic nitrogens is 7. The van der Waals surface area contributed by atoms with Gasteiger partial charge < -0.3 is 14.0 Å². The van der Waals surface area contributed by atoms with Crippen LogP contribution < -0.4 is 4.74 Å². The van der Waals surface area contributed by atoms with Gasteiger partial charge in [0.15, 0.2) is 11.5 Å². The molecule has 7 rings (SSSR count). The molecule has 4 aromatic heterocycles. The summed E-state index contributed by atoms with van der Waals surface area (Å²) in [6, 6.07) is 7.96. The van der Waals surface area contributed by atoms with E-state index in [9.17, 15) is 8.78 Å². The van der Waals surface area contributed by atoms with Crippen molar-refractivity contribution in [3.63, 3.8) is 0 Å². The van der Waals surface area contributed by atoms with Crippen LogP contribution in [0.3, 0.4) is 0 Å². The molecule has 1 fully saturated rings. The topological polar surface area (TPSA) is 131 Å². The van der Waals surface area contributed by atoms with Gasteiger partial charge in [-0.3, -0.25) is 10.00 Å². The Kier molecular flexibility index (Phi) is 7.41. The number of rotatable bonds is 8. The van der Waals surface area contributed by atoms with Crippen molar-refractivity contribution < 1.29 is 18.3 Å². The summed E-state index contributed by atoms with van der Waals surface area (Å²) in [6.07, 6.45) is 3.55. The minimum atomic E-state index is -0.763. The summed E-state index contributed by atoms with van der Waals surface area (Å²) in [5.74, 6) is 0.152. The highest BCUT2D eigenvalue weighted by Gasteiger charge is 2.26. The number of imidazole rings is 1. The van der Waals surface area contributed by atoms with E-state index in [1.807, 2.05) is 25.1 Å². The number of nitriles is 1. The second-order valence-corrected chi connectivity index (χ2v) is 11.4. The van der Waals surface area contributed by atoms with Crippen molar-refractivity contribution in [2.24, 2.45) is 0 Å². The fourth-order valence-electron chi connectivity index (χ4n) is 5.52. The van der Waals surface area contributed by atoms with Crippen molar-refractivity contribution in [3.8, 4) is 23.3 Å². The first-order chi connectivity index (χ1) is 21.3. The summed E-state index contributed by atoms with van der Waals surface area (Å²) in [4.78, 5) is 20.9. The lowest BCUT2D eigenvalue weighted by molar-refractivity contribution is -0.0592. The Labute approximate surface area is 255 Å². The van der Waals surface area contributed by atoms with E-state index in [1.54, 1.807) is 6.20 Å². The van der Waals surface area contributed by atoms with E-state index < -0.39 is 11.6 Å². The molecular formula is C30H26ClF2N9O2. The highest BCUT2D eigenvalue weighted by Crippen LogP contribution is 2.29. The SMILES string of the molecule is Cc1cc2c(nc1OCc1c(F)cc(Cl)cc1F)CN(Cc1nc3cc(-c4nc(C#N)n[nH]4)cnc3n1C[C@@H]1CCO1)CC2. The van der Waals surface area contributed by atoms with Crippen molar-refractivity contribution in [3.05, 3.63) is 81.2 Å². The Morgan fingerprint density at radius 3 is 2.73 bits per heavy atom. The largest absolute Gasteiger partial charge is 0.472 e. The molecule has 0 spiro atoms. The van der Waals surface area contributed by atoms with E-state index in [4.69, 9.17) is 41.3 Å². The van der Waals surface area contributed by atoms with E-state index in [0.29, 0.717) is 42.4 Å². The van der Waals surface area contributed by atoms with E-state index in [1.165, 1.54) is 0 Å².